The minimum atomic E-state index is -3.55. The molecule has 0 bridgehead atoms. The van der Waals surface area contributed by atoms with Gasteiger partial charge in [-0.05, 0) is 36.4 Å². The predicted octanol–water partition coefficient (Wildman–Crippen LogP) is 1.70. The van der Waals surface area contributed by atoms with Gasteiger partial charge in [0.2, 0.25) is 10.0 Å². The molecule has 114 valence electrons. The minimum absolute atomic E-state index is 0.0193. The summed E-state index contributed by atoms with van der Waals surface area (Å²) in [5.41, 5.74) is 0.453. The molecule has 0 N–H and O–H groups in total. The molecule has 1 aromatic rings. The van der Waals surface area contributed by atoms with Crippen molar-refractivity contribution < 1.29 is 13.2 Å². The molecule has 1 atom stereocenters. The second kappa shape index (κ2) is 7.27. The van der Waals surface area contributed by atoms with E-state index in [9.17, 15) is 8.42 Å². The third kappa shape index (κ3) is 3.77. The molecule has 0 unspecified atom stereocenters. The maximum atomic E-state index is 12.8. The Bertz CT molecular complexity index is 602. The van der Waals surface area contributed by atoms with E-state index < -0.39 is 10.0 Å². The number of rotatable bonds is 6. The van der Waals surface area contributed by atoms with E-state index in [1.165, 1.54) is 28.6 Å². The standard InChI is InChI=1S/C14H18N2O3S2/c1-19-8-7-16(13-6-9-20-11-13)21(17,18)14-4-2-12(10-15)3-5-14/h2-5,13H,6-9,11H2,1H3/t13-/m1/s1. The van der Waals surface area contributed by atoms with E-state index in [4.69, 9.17) is 10.00 Å². The first-order valence-corrected chi connectivity index (χ1v) is 9.27. The van der Waals surface area contributed by atoms with Crippen molar-refractivity contribution in [3.8, 4) is 6.07 Å². The van der Waals surface area contributed by atoms with E-state index in [1.54, 1.807) is 18.9 Å². The summed E-state index contributed by atoms with van der Waals surface area (Å²) < 4.78 is 32.2. The highest BCUT2D eigenvalue weighted by atomic mass is 32.2. The molecule has 0 radical (unpaired) electrons. The first-order chi connectivity index (χ1) is 10.1. The van der Waals surface area contributed by atoms with Crippen LogP contribution in [0, 0.1) is 11.3 Å². The molecule has 0 amide bonds. The molecule has 0 saturated carbocycles. The van der Waals surface area contributed by atoms with Gasteiger partial charge in [0.05, 0.1) is 23.1 Å². The molecule has 0 aliphatic carbocycles. The Hall–Kier alpha value is -1.07. The van der Waals surface area contributed by atoms with Crippen molar-refractivity contribution in [2.24, 2.45) is 0 Å². The van der Waals surface area contributed by atoms with Gasteiger partial charge in [0, 0.05) is 25.4 Å². The Morgan fingerprint density at radius 2 is 2.14 bits per heavy atom. The molecule has 5 nitrogen and oxygen atoms in total. The normalized spacial score (nSPS) is 18.8. The number of nitrogens with zero attached hydrogens (tertiary/aromatic N) is 2. The van der Waals surface area contributed by atoms with E-state index in [0.717, 1.165) is 17.9 Å². The molecular formula is C14H18N2O3S2. The highest BCUT2D eigenvalue weighted by Crippen LogP contribution is 2.27. The van der Waals surface area contributed by atoms with Crippen molar-refractivity contribution in [3.63, 3.8) is 0 Å². The number of nitriles is 1. The van der Waals surface area contributed by atoms with Gasteiger partial charge in [-0.2, -0.15) is 21.3 Å². The fourth-order valence-electron chi connectivity index (χ4n) is 2.27. The Balaban J connectivity index is 2.28. The van der Waals surface area contributed by atoms with Crippen molar-refractivity contribution in [1.29, 1.82) is 5.26 Å². The van der Waals surface area contributed by atoms with E-state index >= 15 is 0 Å². The van der Waals surface area contributed by atoms with Crippen LogP contribution in [-0.4, -0.2) is 50.5 Å². The molecule has 1 aliphatic rings. The van der Waals surface area contributed by atoms with Gasteiger partial charge in [0.15, 0.2) is 0 Å². The van der Waals surface area contributed by atoms with Crippen LogP contribution in [-0.2, 0) is 14.8 Å². The van der Waals surface area contributed by atoms with Crippen LogP contribution in [0.1, 0.15) is 12.0 Å². The van der Waals surface area contributed by atoms with Gasteiger partial charge >= 0.3 is 0 Å². The molecule has 1 saturated heterocycles. The second-order valence-electron chi connectivity index (χ2n) is 4.76. The lowest BCUT2D eigenvalue weighted by Crippen LogP contribution is -2.42. The van der Waals surface area contributed by atoms with Gasteiger partial charge < -0.3 is 4.74 Å². The van der Waals surface area contributed by atoms with Crippen LogP contribution in [0.5, 0.6) is 0 Å². The van der Waals surface area contributed by atoms with Gasteiger partial charge in [-0.3, -0.25) is 0 Å². The maximum absolute atomic E-state index is 12.8. The van der Waals surface area contributed by atoms with Crippen molar-refractivity contribution in [3.05, 3.63) is 29.8 Å². The topological polar surface area (TPSA) is 70.4 Å². The highest BCUT2D eigenvalue weighted by molar-refractivity contribution is 7.99. The van der Waals surface area contributed by atoms with Crippen LogP contribution in [0.15, 0.2) is 29.2 Å². The molecule has 1 heterocycles. The quantitative estimate of drug-likeness (QED) is 0.796. The molecule has 0 aromatic heterocycles. The first kappa shape index (κ1) is 16.3. The Morgan fingerprint density at radius 3 is 2.67 bits per heavy atom. The average molecular weight is 326 g/mol. The summed E-state index contributed by atoms with van der Waals surface area (Å²) in [6.07, 6.45) is 0.865. The highest BCUT2D eigenvalue weighted by Gasteiger charge is 2.33. The molecule has 1 fully saturated rings. The molecule has 7 heteroatoms. The second-order valence-corrected chi connectivity index (χ2v) is 7.80. The van der Waals surface area contributed by atoms with Gasteiger partial charge in [0.25, 0.3) is 0 Å². The van der Waals surface area contributed by atoms with Gasteiger partial charge in [-0.15, -0.1) is 0 Å². The molecule has 1 aromatic carbocycles. The minimum Gasteiger partial charge on any atom is -0.383 e. The summed E-state index contributed by atoms with van der Waals surface area (Å²) in [6, 6.07) is 8.07. The number of benzene rings is 1. The average Bonchev–Trinajstić information content (AvgIpc) is 3.01. The summed E-state index contributed by atoms with van der Waals surface area (Å²) >= 11 is 1.77. The van der Waals surface area contributed by atoms with Crippen molar-refractivity contribution in [1.82, 2.24) is 4.31 Å². The van der Waals surface area contributed by atoms with Crippen LogP contribution in [0.25, 0.3) is 0 Å². The summed E-state index contributed by atoms with van der Waals surface area (Å²) in [5, 5.41) is 8.80. The van der Waals surface area contributed by atoms with Crippen molar-refractivity contribution in [2.45, 2.75) is 17.4 Å². The summed E-state index contributed by atoms with van der Waals surface area (Å²) in [6.45, 7) is 0.723. The van der Waals surface area contributed by atoms with Crippen LogP contribution >= 0.6 is 11.8 Å². The zero-order chi connectivity index (χ0) is 15.3. The van der Waals surface area contributed by atoms with Crippen molar-refractivity contribution >= 4 is 21.8 Å². The Kier molecular flexibility index (Phi) is 5.65. The third-order valence-electron chi connectivity index (χ3n) is 3.42. The third-order valence-corrected chi connectivity index (χ3v) is 6.53. The zero-order valence-electron chi connectivity index (χ0n) is 11.9. The zero-order valence-corrected chi connectivity index (χ0v) is 13.5. The van der Waals surface area contributed by atoms with E-state index in [0.29, 0.717) is 18.7 Å². The van der Waals surface area contributed by atoms with E-state index in [2.05, 4.69) is 0 Å². The smallest absolute Gasteiger partial charge is 0.243 e. The summed E-state index contributed by atoms with van der Waals surface area (Å²) in [4.78, 5) is 0.231. The Labute approximate surface area is 129 Å². The summed E-state index contributed by atoms with van der Waals surface area (Å²) in [7, 11) is -1.99. The lowest BCUT2D eigenvalue weighted by molar-refractivity contribution is 0.169. The predicted molar refractivity (Wildman–Crippen MR) is 82.7 cm³/mol. The number of methoxy groups -OCH3 is 1. The fourth-order valence-corrected chi connectivity index (χ4v) is 5.22. The van der Waals surface area contributed by atoms with Gasteiger partial charge in [-0.1, -0.05) is 0 Å². The summed E-state index contributed by atoms with van der Waals surface area (Å²) in [5.74, 6) is 1.80. The number of hydrogen-bond donors (Lipinski definition) is 0. The SMILES string of the molecule is COCCN([C@@H]1CCSC1)S(=O)(=O)c1ccc(C#N)cc1. The van der Waals surface area contributed by atoms with E-state index in [-0.39, 0.29) is 10.9 Å². The van der Waals surface area contributed by atoms with E-state index in [1.807, 2.05) is 6.07 Å². The molecular weight excluding hydrogens is 308 g/mol. The lowest BCUT2D eigenvalue weighted by Gasteiger charge is -2.27. The van der Waals surface area contributed by atoms with Crippen LogP contribution in [0.4, 0.5) is 0 Å². The fraction of sp³-hybridized carbons (Fsp3) is 0.500. The largest absolute Gasteiger partial charge is 0.383 e. The number of hydrogen-bond acceptors (Lipinski definition) is 5. The number of ether oxygens (including phenoxy) is 1. The number of thioether (sulfide) groups is 1. The molecule has 2 rings (SSSR count). The number of sulfonamides is 1. The van der Waals surface area contributed by atoms with Crippen molar-refractivity contribution in [2.75, 3.05) is 31.8 Å². The van der Waals surface area contributed by atoms with Gasteiger partial charge in [0.1, 0.15) is 0 Å². The van der Waals surface area contributed by atoms with Crippen LogP contribution in [0.3, 0.4) is 0 Å². The maximum Gasteiger partial charge on any atom is 0.243 e. The lowest BCUT2D eigenvalue weighted by atomic mass is 10.2. The van der Waals surface area contributed by atoms with Crippen LogP contribution < -0.4 is 0 Å². The molecule has 21 heavy (non-hydrogen) atoms. The monoisotopic (exact) mass is 326 g/mol. The molecule has 1 aliphatic heterocycles. The Morgan fingerprint density at radius 1 is 1.43 bits per heavy atom. The van der Waals surface area contributed by atoms with Gasteiger partial charge in [-0.25, -0.2) is 8.42 Å². The molecule has 0 spiro atoms. The first-order valence-electron chi connectivity index (χ1n) is 6.68. The van der Waals surface area contributed by atoms with Crippen LogP contribution in [0.2, 0.25) is 0 Å².